The highest BCUT2D eigenvalue weighted by molar-refractivity contribution is 6.11. The molecule has 1 aliphatic carbocycles. The standard InChI is InChI=1S/C63H89N13O15/c1-28(2)42-60(86)75-24-18-20-37(75)58(84)71(14)26-39(77)73(16)51(30(5)6)62(88)90-34(11)46(56(82)67-42)69-54(80)36-23-22-32(9)44-48(36)66-49-41(50(64-13)53(79)33(10)45(49)65-44)55(81)70-47-35(12)91-63(89)52(31(7)8)74(17)40(78)27-72(15)59(85)38-21-19-25-76(38)61(87)43(29(3)4)68-57(47)83/h22-23,28-31,34-35,37-38,42-43,46-47,51-52,64-65H,18-21,24-27H2,1-17H3,(H,67,82)(H,68,83)(H,69,80)(H,70,81)/t34-,35-,37+,38+,42-,43-,46+,47+,51+,52+/m1/s1. The molecule has 5 aliphatic heterocycles. The minimum Gasteiger partial charge on any atom is -0.458 e. The number of aryl methyl sites for hydroxylation is 1. The number of benzene rings is 2. The van der Waals surface area contributed by atoms with Crippen LogP contribution in [0.15, 0.2) is 16.9 Å². The van der Waals surface area contributed by atoms with Crippen LogP contribution in [-0.4, -0.2) is 232 Å². The molecule has 28 nitrogen and oxygen atoms in total. The van der Waals surface area contributed by atoms with Gasteiger partial charge in [0.1, 0.15) is 71.8 Å². The van der Waals surface area contributed by atoms with Crippen molar-refractivity contribution in [1.29, 1.82) is 0 Å². The fraction of sp³-hybridized carbons (Fsp3) is 0.619. The number of fused-ring (bicyclic) bond motifs is 4. The van der Waals surface area contributed by atoms with Crippen LogP contribution in [0, 0.1) is 37.5 Å². The predicted octanol–water partition coefficient (Wildman–Crippen LogP) is 0.920. The van der Waals surface area contributed by atoms with E-state index in [9.17, 15) is 52.7 Å². The number of esters is 2. The first-order chi connectivity index (χ1) is 42.6. The Balaban J connectivity index is 1.34. The summed E-state index contributed by atoms with van der Waals surface area (Å²) in [7, 11) is 7.01. The summed E-state index contributed by atoms with van der Waals surface area (Å²) in [5.41, 5.74) is -1.14. The summed E-state index contributed by atoms with van der Waals surface area (Å²) < 4.78 is 12.0. The molecule has 4 fully saturated rings. The van der Waals surface area contributed by atoms with E-state index in [0.717, 1.165) is 9.80 Å². The molecule has 0 unspecified atom stereocenters. The fourth-order valence-electron chi connectivity index (χ4n) is 12.6. The van der Waals surface area contributed by atoms with Crippen molar-refractivity contribution >= 4 is 87.7 Å². The molecule has 10 amide bonds. The van der Waals surface area contributed by atoms with Crippen LogP contribution in [0.25, 0.3) is 22.4 Å². The number of carbonyl (C=O) groups is 12. The third-order valence-corrected chi connectivity index (χ3v) is 17.9. The summed E-state index contributed by atoms with van der Waals surface area (Å²) in [6.07, 6.45) is -1.55. The zero-order valence-corrected chi connectivity index (χ0v) is 55.1. The van der Waals surface area contributed by atoms with E-state index in [4.69, 9.17) is 14.5 Å². The molecule has 6 N–H and O–H groups in total. The molecule has 10 atom stereocenters. The second-order valence-corrected chi connectivity index (χ2v) is 25.9. The molecule has 28 heteroatoms. The lowest BCUT2D eigenvalue weighted by molar-refractivity contribution is -0.163. The van der Waals surface area contributed by atoms with Crippen LogP contribution in [0.1, 0.15) is 127 Å². The summed E-state index contributed by atoms with van der Waals surface area (Å²) in [6.45, 7) is 18.8. The quantitative estimate of drug-likeness (QED) is 0.128. The van der Waals surface area contributed by atoms with Gasteiger partial charge < -0.3 is 70.4 Å². The Kier molecular flexibility index (Phi) is 21.6. The molecule has 6 aliphatic rings. The van der Waals surface area contributed by atoms with Crippen LogP contribution in [0.5, 0.6) is 0 Å². The first-order valence-corrected chi connectivity index (χ1v) is 31.1. The zero-order chi connectivity index (χ0) is 67.7. The Morgan fingerprint density at radius 2 is 1.03 bits per heavy atom. The lowest BCUT2D eigenvalue weighted by Crippen LogP contribution is -2.61. The smallest absolute Gasteiger partial charge is 0.329 e. The van der Waals surface area contributed by atoms with Crippen molar-refractivity contribution in [2.75, 3.05) is 66.7 Å². The number of hydrogen-bond donors (Lipinski definition) is 6. The number of ether oxygens (including phenoxy) is 2. The number of cyclic esters (lactones) is 2. The highest BCUT2D eigenvalue weighted by atomic mass is 16.6. The van der Waals surface area contributed by atoms with E-state index in [2.05, 4.69) is 31.6 Å². The molecule has 7 rings (SSSR count). The number of anilines is 1. The lowest BCUT2D eigenvalue weighted by atomic mass is 9.97. The predicted molar refractivity (Wildman–Crippen MR) is 333 cm³/mol. The van der Waals surface area contributed by atoms with Gasteiger partial charge in [0.25, 0.3) is 11.8 Å². The molecule has 91 heavy (non-hydrogen) atoms. The van der Waals surface area contributed by atoms with Crippen molar-refractivity contribution in [1.82, 2.24) is 60.6 Å². The normalized spacial score (nSPS) is 26.0. The van der Waals surface area contributed by atoms with Gasteiger partial charge in [-0.3, -0.25) is 52.7 Å². The maximum atomic E-state index is 15.4. The third-order valence-electron chi connectivity index (χ3n) is 17.9. The molecule has 0 radical (unpaired) electrons. The SMILES string of the molecule is CNc1c(C(=O)N[C@@H]2C(=O)N[C@H](C(C)C)C(=O)N3CCC[C@H]3C(=O)N(C)CC(=O)N(C)[C@@H](C(C)C)C(=O)O[C@@H]2C)c2nc3c(C(=O)N[C@@H]4C(=O)N[C@H](C(C)C)C(=O)N5CCC[C@H]5C(=O)N(C)CC(=O)N(C)[C@@H](C(C)C)C(=O)O[C@@H]4C)ccc(C)c3[nH]c-2c(C)c1=O. The lowest BCUT2D eigenvalue weighted by Gasteiger charge is -2.36. The Hall–Kier alpha value is -8.72. The molecule has 1 aromatic rings. The van der Waals surface area contributed by atoms with Gasteiger partial charge in [-0.1, -0.05) is 61.5 Å². The van der Waals surface area contributed by atoms with Crippen molar-refractivity contribution in [3.63, 3.8) is 0 Å². The Morgan fingerprint density at radius 3 is 1.44 bits per heavy atom. The van der Waals surface area contributed by atoms with Gasteiger partial charge in [-0.05, 0) is 88.7 Å². The number of H-pyrrole nitrogens is 1. The summed E-state index contributed by atoms with van der Waals surface area (Å²) in [5, 5.41) is 13.7. The van der Waals surface area contributed by atoms with Gasteiger partial charge >= 0.3 is 11.9 Å². The first-order valence-electron chi connectivity index (χ1n) is 31.1. The van der Waals surface area contributed by atoms with Crippen LogP contribution in [0.3, 0.4) is 0 Å². The average Bonchev–Trinajstić information content (AvgIpc) is 1.53. The zero-order valence-electron chi connectivity index (χ0n) is 55.1. The second kappa shape index (κ2) is 28.2. The molecule has 1 aromatic carbocycles. The molecular formula is C63H89N13O15. The number of likely N-dealkylation sites (N-methyl/N-ethyl adjacent to an activating group) is 4. The minimum absolute atomic E-state index is 0.0288. The molecule has 5 heterocycles. The van der Waals surface area contributed by atoms with Gasteiger partial charge in [-0.2, -0.15) is 0 Å². The molecule has 0 aromatic heterocycles. The Labute approximate surface area is 529 Å². The topological polar surface area (TPSA) is 349 Å². The number of carbonyl (C=O) groups excluding carboxylic acids is 12. The maximum Gasteiger partial charge on any atom is 0.329 e. The summed E-state index contributed by atoms with van der Waals surface area (Å²) in [5.74, 6) is -11.7. The molecule has 0 saturated carbocycles. The van der Waals surface area contributed by atoms with Crippen LogP contribution in [-0.2, 0) is 57.4 Å². The molecule has 496 valence electrons. The Bertz CT molecular complexity index is 3440. The number of hydrogen-bond acceptors (Lipinski definition) is 17. The van der Waals surface area contributed by atoms with E-state index in [1.807, 2.05) is 0 Å². The maximum absolute atomic E-state index is 15.4. The van der Waals surface area contributed by atoms with Crippen molar-refractivity contribution in [2.24, 2.45) is 23.7 Å². The van der Waals surface area contributed by atoms with Gasteiger partial charge in [0, 0.05) is 53.9 Å². The van der Waals surface area contributed by atoms with Crippen molar-refractivity contribution < 1.29 is 67.0 Å². The van der Waals surface area contributed by atoms with E-state index in [1.165, 1.54) is 81.7 Å². The monoisotopic (exact) mass is 1270 g/mol. The first kappa shape index (κ1) is 69.7. The number of nitrogens with zero attached hydrogens (tertiary/aromatic N) is 7. The van der Waals surface area contributed by atoms with Crippen LogP contribution in [0.4, 0.5) is 5.69 Å². The number of amides is 10. The fourth-order valence-corrected chi connectivity index (χ4v) is 12.6. The highest BCUT2D eigenvalue weighted by Gasteiger charge is 2.46. The van der Waals surface area contributed by atoms with E-state index in [-0.39, 0.29) is 58.7 Å². The summed E-state index contributed by atoms with van der Waals surface area (Å²) in [4.78, 5) is 204. The number of aromatic nitrogens is 2. The number of nitrogens with one attached hydrogen (secondary N) is 6. The molecule has 4 saturated heterocycles. The highest BCUT2D eigenvalue weighted by Crippen LogP contribution is 2.34. The summed E-state index contributed by atoms with van der Waals surface area (Å²) in [6, 6.07) is -7.59. The number of rotatable bonds is 9. The minimum atomic E-state index is -1.84. The van der Waals surface area contributed by atoms with Gasteiger partial charge in [0.15, 0.2) is 0 Å². The van der Waals surface area contributed by atoms with Gasteiger partial charge in [0.2, 0.25) is 52.7 Å². The van der Waals surface area contributed by atoms with Crippen LogP contribution < -0.4 is 32.0 Å². The van der Waals surface area contributed by atoms with E-state index in [0.29, 0.717) is 24.8 Å². The molecule has 0 spiro atoms. The summed E-state index contributed by atoms with van der Waals surface area (Å²) >= 11 is 0. The number of aromatic amines is 1. The van der Waals surface area contributed by atoms with E-state index in [1.54, 1.807) is 68.4 Å². The van der Waals surface area contributed by atoms with Gasteiger partial charge in [0.05, 0.1) is 41.1 Å². The van der Waals surface area contributed by atoms with E-state index < -0.39 is 179 Å². The third kappa shape index (κ3) is 14.1. The van der Waals surface area contributed by atoms with Gasteiger partial charge in [-0.25, -0.2) is 14.6 Å². The van der Waals surface area contributed by atoms with Crippen molar-refractivity contribution in [3.05, 3.63) is 44.6 Å². The Morgan fingerprint density at radius 1 is 0.604 bits per heavy atom. The van der Waals surface area contributed by atoms with Gasteiger partial charge in [-0.15, -0.1) is 0 Å². The van der Waals surface area contributed by atoms with Crippen LogP contribution in [0.2, 0.25) is 0 Å². The largest absolute Gasteiger partial charge is 0.458 e. The van der Waals surface area contributed by atoms with Crippen molar-refractivity contribution in [3.8, 4) is 11.4 Å². The molecule has 0 bridgehead atoms. The molecular weight excluding hydrogens is 1180 g/mol. The van der Waals surface area contributed by atoms with Crippen molar-refractivity contribution in [2.45, 2.75) is 169 Å². The van der Waals surface area contributed by atoms with Crippen LogP contribution >= 0.6 is 0 Å². The second-order valence-electron chi connectivity index (χ2n) is 25.9. The van der Waals surface area contributed by atoms with E-state index >= 15 is 9.59 Å². The average molecular weight is 1270 g/mol.